The molecule has 0 saturated carbocycles. The Morgan fingerprint density at radius 1 is 1.76 bits per heavy atom. The van der Waals surface area contributed by atoms with Crippen molar-refractivity contribution in [1.82, 2.24) is 14.5 Å². The second-order valence-electron chi connectivity index (χ2n) is 3.94. The molecule has 94 valence electrons. The average Bonchev–Trinajstić information content (AvgIpc) is 2.97. The lowest BCUT2D eigenvalue weighted by atomic mass is 10.1. The molecule has 3 N–H and O–H groups in total. The van der Waals surface area contributed by atoms with E-state index in [-0.39, 0.29) is 11.9 Å². The van der Waals surface area contributed by atoms with Crippen LogP contribution in [-0.4, -0.2) is 40.7 Å². The molecule has 1 aliphatic rings. The Morgan fingerprint density at radius 3 is 3.29 bits per heavy atom. The van der Waals surface area contributed by atoms with Crippen LogP contribution in [0, 0.1) is 5.92 Å². The zero-order valence-corrected chi connectivity index (χ0v) is 10.4. The molecule has 0 spiro atoms. The van der Waals surface area contributed by atoms with Gasteiger partial charge in [-0.25, -0.2) is 5.84 Å². The Kier molecular flexibility index (Phi) is 3.87. The van der Waals surface area contributed by atoms with Gasteiger partial charge < -0.3 is 10.2 Å². The van der Waals surface area contributed by atoms with Gasteiger partial charge in [0, 0.05) is 24.6 Å². The van der Waals surface area contributed by atoms with Gasteiger partial charge >= 0.3 is 5.97 Å². The van der Waals surface area contributed by atoms with Gasteiger partial charge in [0.1, 0.15) is 10.7 Å². The number of anilines is 1. The Morgan fingerprint density at radius 2 is 2.59 bits per heavy atom. The molecule has 1 atom stereocenters. The molecular weight excluding hydrogens is 242 g/mol. The van der Waals surface area contributed by atoms with Crippen molar-refractivity contribution < 1.29 is 9.53 Å². The maximum atomic E-state index is 11.4. The summed E-state index contributed by atoms with van der Waals surface area (Å²) in [6, 6.07) is 0. The number of ether oxygens (including phenoxy) is 1. The number of carbonyl (C=O) groups is 1. The zero-order valence-electron chi connectivity index (χ0n) is 9.55. The third kappa shape index (κ3) is 2.71. The van der Waals surface area contributed by atoms with Crippen molar-refractivity contribution in [3.63, 3.8) is 0 Å². The van der Waals surface area contributed by atoms with Gasteiger partial charge in [-0.1, -0.05) is 4.49 Å². The molecule has 17 heavy (non-hydrogen) atoms. The van der Waals surface area contributed by atoms with Gasteiger partial charge in [-0.05, 0) is 13.0 Å². The van der Waals surface area contributed by atoms with Gasteiger partial charge in [0.05, 0.1) is 13.0 Å². The molecule has 8 heteroatoms. The molecule has 7 nitrogen and oxygen atoms in total. The van der Waals surface area contributed by atoms with Crippen molar-refractivity contribution in [3.05, 3.63) is 5.69 Å². The van der Waals surface area contributed by atoms with Crippen LogP contribution in [0.5, 0.6) is 0 Å². The molecule has 0 radical (unpaired) electrons. The van der Waals surface area contributed by atoms with Crippen LogP contribution in [0.25, 0.3) is 0 Å². The van der Waals surface area contributed by atoms with E-state index in [1.807, 2.05) is 0 Å². The van der Waals surface area contributed by atoms with Crippen molar-refractivity contribution in [1.29, 1.82) is 0 Å². The van der Waals surface area contributed by atoms with Crippen LogP contribution in [0.2, 0.25) is 0 Å². The summed E-state index contributed by atoms with van der Waals surface area (Å²) in [7, 11) is 1.42. The number of esters is 1. The summed E-state index contributed by atoms with van der Waals surface area (Å²) in [5.41, 5.74) is 3.39. The van der Waals surface area contributed by atoms with E-state index in [4.69, 9.17) is 10.6 Å². The first-order valence-corrected chi connectivity index (χ1v) is 6.10. The number of nitrogens with one attached hydrogen (secondary N) is 1. The van der Waals surface area contributed by atoms with Crippen LogP contribution < -0.4 is 11.3 Å². The monoisotopic (exact) mass is 257 g/mol. The van der Waals surface area contributed by atoms with E-state index in [9.17, 15) is 4.79 Å². The maximum Gasteiger partial charge on any atom is 0.310 e. The Balaban J connectivity index is 1.92. The number of likely N-dealkylation sites (tertiary alicyclic amines) is 1. The number of rotatable bonds is 4. The standard InChI is InChI=1S/C9H15N5O2S/c1-16-9(15)6-2-3-14(4-6)5-7-8(11-10)17-13-12-7/h6,11H,2-5,10H2,1H3. The number of carbonyl (C=O) groups excluding carboxylic acids is 1. The van der Waals surface area contributed by atoms with E-state index in [2.05, 4.69) is 19.9 Å². The highest BCUT2D eigenvalue weighted by molar-refractivity contribution is 7.10. The van der Waals surface area contributed by atoms with E-state index >= 15 is 0 Å². The van der Waals surface area contributed by atoms with Gasteiger partial charge in [0.15, 0.2) is 0 Å². The van der Waals surface area contributed by atoms with Crippen LogP contribution in [0.15, 0.2) is 0 Å². The van der Waals surface area contributed by atoms with Gasteiger partial charge in [0.25, 0.3) is 0 Å². The number of hydrogen-bond acceptors (Lipinski definition) is 8. The molecule has 0 bridgehead atoms. The first-order valence-electron chi connectivity index (χ1n) is 5.32. The van der Waals surface area contributed by atoms with Crippen LogP contribution >= 0.6 is 11.5 Å². The molecule has 1 aliphatic heterocycles. The molecule has 1 fully saturated rings. The van der Waals surface area contributed by atoms with Crippen molar-refractivity contribution in [2.24, 2.45) is 11.8 Å². The largest absolute Gasteiger partial charge is 0.469 e. The lowest BCUT2D eigenvalue weighted by Crippen LogP contribution is -2.24. The van der Waals surface area contributed by atoms with Gasteiger partial charge in [-0.15, -0.1) is 5.10 Å². The Bertz CT molecular complexity index is 396. The minimum atomic E-state index is -0.138. The smallest absolute Gasteiger partial charge is 0.310 e. The number of aromatic nitrogens is 2. The number of nitrogens with two attached hydrogens (primary N) is 1. The lowest BCUT2D eigenvalue weighted by molar-refractivity contribution is -0.144. The fourth-order valence-electron chi connectivity index (χ4n) is 1.97. The van der Waals surface area contributed by atoms with Crippen LogP contribution in [0.4, 0.5) is 5.00 Å². The van der Waals surface area contributed by atoms with E-state index in [0.29, 0.717) is 13.1 Å². The summed E-state index contributed by atoms with van der Waals surface area (Å²) < 4.78 is 8.57. The molecule has 2 rings (SSSR count). The fourth-order valence-corrected chi connectivity index (χ4v) is 2.45. The van der Waals surface area contributed by atoms with Crippen molar-refractivity contribution in [2.45, 2.75) is 13.0 Å². The van der Waals surface area contributed by atoms with Gasteiger partial charge in [-0.3, -0.25) is 9.69 Å². The van der Waals surface area contributed by atoms with E-state index in [1.54, 1.807) is 0 Å². The highest BCUT2D eigenvalue weighted by Crippen LogP contribution is 2.23. The van der Waals surface area contributed by atoms with Gasteiger partial charge in [0.2, 0.25) is 0 Å². The Labute approximate surface area is 103 Å². The number of nitrogen functional groups attached to an aromatic ring is 1. The quantitative estimate of drug-likeness (QED) is 0.439. The SMILES string of the molecule is COC(=O)C1CCN(Cc2nnsc2NN)C1. The summed E-state index contributed by atoms with van der Waals surface area (Å²) in [4.78, 5) is 13.5. The summed E-state index contributed by atoms with van der Waals surface area (Å²) in [5, 5.41) is 4.78. The van der Waals surface area contributed by atoms with E-state index < -0.39 is 0 Å². The maximum absolute atomic E-state index is 11.4. The predicted octanol–water partition coefficient (Wildman–Crippen LogP) is -0.181. The summed E-state index contributed by atoms with van der Waals surface area (Å²) >= 11 is 1.23. The second-order valence-corrected chi connectivity index (χ2v) is 4.69. The summed E-state index contributed by atoms with van der Waals surface area (Å²) in [6.07, 6.45) is 0.829. The highest BCUT2D eigenvalue weighted by Gasteiger charge is 2.29. The predicted molar refractivity (Wildman–Crippen MR) is 63.1 cm³/mol. The number of nitrogens with zero attached hydrogens (tertiary/aromatic N) is 3. The minimum absolute atomic E-state index is 0.0270. The van der Waals surface area contributed by atoms with Crippen LogP contribution in [0.3, 0.4) is 0 Å². The summed E-state index contributed by atoms with van der Waals surface area (Å²) in [6.45, 7) is 2.22. The van der Waals surface area contributed by atoms with Crippen molar-refractivity contribution in [3.8, 4) is 0 Å². The van der Waals surface area contributed by atoms with Gasteiger partial charge in [-0.2, -0.15) is 0 Å². The van der Waals surface area contributed by atoms with Crippen molar-refractivity contribution in [2.75, 3.05) is 25.6 Å². The molecule has 1 saturated heterocycles. The van der Waals surface area contributed by atoms with Crippen LogP contribution in [-0.2, 0) is 16.1 Å². The van der Waals surface area contributed by atoms with E-state index in [0.717, 1.165) is 23.7 Å². The number of hydrazine groups is 1. The molecular formula is C9H15N5O2S. The Hall–Kier alpha value is -1.25. The lowest BCUT2D eigenvalue weighted by Gasteiger charge is -2.14. The third-order valence-electron chi connectivity index (χ3n) is 2.87. The third-order valence-corrected chi connectivity index (χ3v) is 3.57. The first-order chi connectivity index (χ1) is 8.24. The minimum Gasteiger partial charge on any atom is -0.469 e. The average molecular weight is 257 g/mol. The first kappa shape index (κ1) is 12.2. The molecule has 0 amide bonds. The van der Waals surface area contributed by atoms with E-state index in [1.165, 1.54) is 18.6 Å². The number of hydrogen-bond donors (Lipinski definition) is 2. The second kappa shape index (κ2) is 5.39. The number of methoxy groups -OCH3 is 1. The molecule has 2 heterocycles. The molecule has 1 aromatic heterocycles. The zero-order chi connectivity index (χ0) is 12.3. The molecule has 0 aliphatic carbocycles. The molecule has 1 unspecified atom stereocenters. The molecule has 0 aromatic carbocycles. The fraction of sp³-hybridized carbons (Fsp3) is 0.667. The van der Waals surface area contributed by atoms with Crippen molar-refractivity contribution >= 4 is 22.5 Å². The normalized spacial score (nSPS) is 20.5. The summed E-state index contributed by atoms with van der Waals surface area (Å²) in [5.74, 6) is 5.19. The topological polar surface area (TPSA) is 93.4 Å². The van der Waals surface area contributed by atoms with Crippen LogP contribution in [0.1, 0.15) is 12.1 Å². The highest BCUT2D eigenvalue weighted by atomic mass is 32.1. The molecule has 1 aromatic rings.